The Morgan fingerprint density at radius 2 is 2.11 bits per heavy atom. The Bertz CT molecular complexity index is 339. The van der Waals surface area contributed by atoms with E-state index in [-0.39, 0.29) is 0 Å². The number of hydrogen-bond donors (Lipinski definition) is 1. The maximum absolute atomic E-state index is 5.54. The summed E-state index contributed by atoms with van der Waals surface area (Å²) in [4.78, 5) is 2.43. The van der Waals surface area contributed by atoms with Gasteiger partial charge in [0, 0.05) is 18.0 Å². The van der Waals surface area contributed by atoms with Crippen molar-refractivity contribution in [3.8, 4) is 0 Å². The molecule has 1 aromatic rings. The molecule has 1 saturated carbocycles. The Balaban J connectivity index is 2.16. The van der Waals surface area contributed by atoms with Crippen LogP contribution in [0, 0.1) is 0 Å². The number of likely N-dealkylation sites (N-methyl/N-ethyl adjacent to an activating group) is 2. The average Bonchev–Trinajstić information content (AvgIpc) is 3.00. The van der Waals surface area contributed by atoms with Gasteiger partial charge >= 0.3 is 0 Å². The lowest BCUT2D eigenvalue weighted by molar-refractivity contribution is 0.102. The van der Waals surface area contributed by atoms with Crippen LogP contribution < -0.4 is 5.32 Å². The van der Waals surface area contributed by atoms with Crippen LogP contribution >= 0.6 is 0 Å². The predicted molar refractivity (Wildman–Crippen MR) is 74.8 cm³/mol. The molecule has 0 radical (unpaired) electrons. The molecule has 1 aromatic heterocycles. The number of nitrogens with one attached hydrogen (secondary N) is 1. The molecule has 102 valence electrons. The summed E-state index contributed by atoms with van der Waals surface area (Å²) < 4.78 is 5.54. The molecule has 1 heterocycles. The Morgan fingerprint density at radius 1 is 1.39 bits per heavy atom. The van der Waals surface area contributed by atoms with E-state index in [4.69, 9.17) is 4.42 Å². The van der Waals surface area contributed by atoms with Crippen molar-refractivity contribution in [3.63, 3.8) is 0 Å². The van der Waals surface area contributed by atoms with Gasteiger partial charge in [-0.3, -0.25) is 0 Å². The Kier molecular flexibility index (Phi) is 4.46. The van der Waals surface area contributed by atoms with Crippen molar-refractivity contribution in [2.45, 2.75) is 50.6 Å². The minimum absolute atomic E-state index is 0.294. The van der Waals surface area contributed by atoms with Crippen LogP contribution in [0.15, 0.2) is 22.8 Å². The SMILES string of the molecule is CCNC(Cc1ccco1)C1(N(C)C)CCCC1. The van der Waals surface area contributed by atoms with Gasteiger partial charge in [-0.15, -0.1) is 0 Å². The van der Waals surface area contributed by atoms with Crippen LogP contribution in [0.5, 0.6) is 0 Å². The van der Waals surface area contributed by atoms with Crippen molar-refractivity contribution in [1.82, 2.24) is 10.2 Å². The lowest BCUT2D eigenvalue weighted by Crippen LogP contribution is -2.58. The minimum atomic E-state index is 0.294. The Labute approximate surface area is 111 Å². The predicted octanol–water partition coefficient (Wildman–Crippen LogP) is 2.67. The molecule has 18 heavy (non-hydrogen) atoms. The van der Waals surface area contributed by atoms with Gasteiger partial charge in [-0.05, 0) is 45.6 Å². The van der Waals surface area contributed by atoms with E-state index in [0.717, 1.165) is 18.7 Å². The highest BCUT2D eigenvalue weighted by Gasteiger charge is 2.42. The van der Waals surface area contributed by atoms with Crippen LogP contribution in [0.1, 0.15) is 38.4 Å². The molecule has 2 rings (SSSR count). The molecule has 1 N–H and O–H groups in total. The lowest BCUT2D eigenvalue weighted by atomic mass is 9.84. The summed E-state index contributed by atoms with van der Waals surface area (Å²) in [5.41, 5.74) is 0.294. The fourth-order valence-electron chi connectivity index (χ4n) is 3.42. The average molecular weight is 250 g/mol. The van der Waals surface area contributed by atoms with Crippen LogP contribution in [0.25, 0.3) is 0 Å². The summed E-state index contributed by atoms with van der Waals surface area (Å²) in [5.74, 6) is 1.09. The van der Waals surface area contributed by atoms with Crippen LogP contribution in [0.4, 0.5) is 0 Å². The van der Waals surface area contributed by atoms with Crippen molar-refractivity contribution < 1.29 is 4.42 Å². The van der Waals surface area contributed by atoms with Crippen LogP contribution in [-0.2, 0) is 6.42 Å². The van der Waals surface area contributed by atoms with E-state index in [0.29, 0.717) is 11.6 Å². The molecule has 1 unspecified atom stereocenters. The molecule has 1 aliphatic rings. The maximum Gasteiger partial charge on any atom is 0.105 e. The van der Waals surface area contributed by atoms with Gasteiger partial charge in [0.15, 0.2) is 0 Å². The second-order valence-corrected chi connectivity index (χ2v) is 5.60. The number of hydrogen-bond acceptors (Lipinski definition) is 3. The molecule has 3 nitrogen and oxygen atoms in total. The number of furan rings is 1. The summed E-state index contributed by atoms with van der Waals surface area (Å²) in [6, 6.07) is 4.55. The highest BCUT2D eigenvalue weighted by Crippen LogP contribution is 2.37. The van der Waals surface area contributed by atoms with Crippen molar-refractivity contribution in [3.05, 3.63) is 24.2 Å². The third-order valence-corrected chi connectivity index (χ3v) is 4.44. The first-order valence-corrected chi connectivity index (χ1v) is 7.12. The monoisotopic (exact) mass is 250 g/mol. The quantitative estimate of drug-likeness (QED) is 0.841. The summed E-state index contributed by atoms with van der Waals surface area (Å²) >= 11 is 0. The van der Waals surface area contributed by atoms with E-state index < -0.39 is 0 Å². The van der Waals surface area contributed by atoms with Crippen molar-refractivity contribution >= 4 is 0 Å². The molecule has 1 fully saturated rings. The summed E-state index contributed by atoms with van der Waals surface area (Å²) in [7, 11) is 4.44. The highest BCUT2D eigenvalue weighted by atomic mass is 16.3. The molecular weight excluding hydrogens is 224 g/mol. The highest BCUT2D eigenvalue weighted by molar-refractivity contribution is 5.09. The van der Waals surface area contributed by atoms with Gasteiger partial charge in [-0.1, -0.05) is 19.8 Å². The largest absolute Gasteiger partial charge is 0.469 e. The fourth-order valence-corrected chi connectivity index (χ4v) is 3.42. The second kappa shape index (κ2) is 5.89. The van der Waals surface area contributed by atoms with Gasteiger partial charge in [-0.25, -0.2) is 0 Å². The van der Waals surface area contributed by atoms with Gasteiger partial charge in [-0.2, -0.15) is 0 Å². The molecule has 0 saturated heterocycles. The molecule has 3 heteroatoms. The van der Waals surface area contributed by atoms with E-state index in [9.17, 15) is 0 Å². The second-order valence-electron chi connectivity index (χ2n) is 5.60. The number of rotatable bonds is 6. The molecule has 0 amide bonds. The first-order chi connectivity index (χ1) is 8.69. The summed E-state index contributed by atoms with van der Waals surface area (Å²) in [5, 5.41) is 3.68. The van der Waals surface area contributed by atoms with Gasteiger partial charge in [0.25, 0.3) is 0 Å². The smallest absolute Gasteiger partial charge is 0.105 e. The molecule has 0 bridgehead atoms. The van der Waals surface area contributed by atoms with Gasteiger partial charge in [0.2, 0.25) is 0 Å². The van der Waals surface area contributed by atoms with Crippen molar-refractivity contribution in [1.29, 1.82) is 0 Å². The standard InChI is InChI=1S/C15H26N2O/c1-4-16-14(12-13-8-7-11-18-13)15(17(2)3)9-5-6-10-15/h7-8,11,14,16H,4-6,9-10,12H2,1-3H3. The molecule has 0 aromatic carbocycles. The Hall–Kier alpha value is -0.800. The van der Waals surface area contributed by atoms with Crippen LogP contribution in [0.2, 0.25) is 0 Å². The molecule has 0 aliphatic heterocycles. The molecule has 1 atom stereocenters. The normalized spacial score (nSPS) is 20.4. The van der Waals surface area contributed by atoms with Gasteiger partial charge in [0.05, 0.1) is 6.26 Å². The summed E-state index contributed by atoms with van der Waals surface area (Å²) in [6.07, 6.45) is 8.03. The van der Waals surface area contributed by atoms with Crippen LogP contribution in [-0.4, -0.2) is 37.1 Å². The fraction of sp³-hybridized carbons (Fsp3) is 0.733. The van der Waals surface area contributed by atoms with E-state index in [1.165, 1.54) is 25.7 Å². The number of nitrogens with zero attached hydrogens (tertiary/aromatic N) is 1. The Morgan fingerprint density at radius 3 is 2.61 bits per heavy atom. The summed E-state index contributed by atoms with van der Waals surface area (Å²) in [6.45, 7) is 3.20. The zero-order chi connectivity index (χ0) is 13.0. The third kappa shape index (κ3) is 2.62. The van der Waals surface area contributed by atoms with Crippen LogP contribution in [0.3, 0.4) is 0 Å². The van der Waals surface area contributed by atoms with E-state index in [1.807, 2.05) is 6.07 Å². The molecule has 0 spiro atoms. The van der Waals surface area contributed by atoms with E-state index in [1.54, 1.807) is 6.26 Å². The molecule has 1 aliphatic carbocycles. The maximum atomic E-state index is 5.54. The lowest BCUT2D eigenvalue weighted by Gasteiger charge is -2.43. The topological polar surface area (TPSA) is 28.4 Å². The first kappa shape index (κ1) is 13.6. The third-order valence-electron chi connectivity index (χ3n) is 4.44. The molecular formula is C15H26N2O. The van der Waals surface area contributed by atoms with Crippen molar-refractivity contribution in [2.24, 2.45) is 0 Å². The van der Waals surface area contributed by atoms with Gasteiger partial charge in [0.1, 0.15) is 5.76 Å². The van der Waals surface area contributed by atoms with Crippen molar-refractivity contribution in [2.75, 3.05) is 20.6 Å². The zero-order valence-electron chi connectivity index (χ0n) is 11.9. The minimum Gasteiger partial charge on any atom is -0.469 e. The first-order valence-electron chi connectivity index (χ1n) is 7.12. The van der Waals surface area contributed by atoms with E-state index in [2.05, 4.69) is 37.3 Å². The van der Waals surface area contributed by atoms with Gasteiger partial charge < -0.3 is 14.6 Å². The zero-order valence-corrected chi connectivity index (χ0v) is 11.9. The van der Waals surface area contributed by atoms with E-state index >= 15 is 0 Å².